The minimum atomic E-state index is -0.424. The molecule has 0 radical (unpaired) electrons. The van der Waals surface area contributed by atoms with Gasteiger partial charge in [-0.3, -0.25) is 0 Å². The second-order valence-electron chi connectivity index (χ2n) is 14.4. The van der Waals surface area contributed by atoms with Crippen molar-refractivity contribution in [1.29, 1.82) is 0 Å². The predicted molar refractivity (Wildman–Crippen MR) is 226 cm³/mol. The molecule has 0 aliphatic heterocycles. The minimum Gasteiger partial charge on any atom is -0.309 e. The Morgan fingerprint density at radius 2 is 0.815 bits per heavy atom. The van der Waals surface area contributed by atoms with Gasteiger partial charge < -0.3 is 4.90 Å². The van der Waals surface area contributed by atoms with Gasteiger partial charge in [-0.1, -0.05) is 182 Å². The molecular weight excluding hydrogens is 651 g/mol. The second kappa shape index (κ2) is 12.0. The van der Waals surface area contributed by atoms with Crippen molar-refractivity contribution in [3.05, 3.63) is 235 Å². The number of hydrogen-bond donors (Lipinski definition) is 0. The summed E-state index contributed by atoms with van der Waals surface area (Å²) in [5, 5.41) is 2.49. The molecule has 0 N–H and O–H groups in total. The Morgan fingerprint density at radius 3 is 1.57 bits per heavy atom. The number of hydrogen-bond acceptors (Lipinski definition) is 1. The van der Waals surface area contributed by atoms with Crippen LogP contribution >= 0.6 is 0 Å². The number of benzene rings is 9. The van der Waals surface area contributed by atoms with Gasteiger partial charge in [0.2, 0.25) is 0 Å². The zero-order valence-electron chi connectivity index (χ0n) is 29.7. The van der Waals surface area contributed by atoms with E-state index in [1.54, 1.807) is 0 Å². The van der Waals surface area contributed by atoms with Crippen LogP contribution in [0, 0.1) is 0 Å². The number of nitrogens with zero attached hydrogens (tertiary/aromatic N) is 1. The summed E-state index contributed by atoms with van der Waals surface area (Å²) >= 11 is 0. The summed E-state index contributed by atoms with van der Waals surface area (Å²) in [6, 6.07) is 78.3. The summed E-state index contributed by atoms with van der Waals surface area (Å²) in [6.07, 6.45) is 0. The Bertz CT molecular complexity index is 2860. The van der Waals surface area contributed by atoms with E-state index in [9.17, 15) is 0 Å². The number of rotatable bonds is 5. The van der Waals surface area contributed by atoms with Gasteiger partial charge in [-0.15, -0.1) is 0 Å². The molecule has 1 heteroatoms. The van der Waals surface area contributed by atoms with Crippen LogP contribution in [0.15, 0.2) is 212 Å². The van der Waals surface area contributed by atoms with Crippen molar-refractivity contribution >= 4 is 27.8 Å². The lowest BCUT2D eigenvalue weighted by Gasteiger charge is -2.32. The van der Waals surface area contributed by atoms with Crippen LogP contribution in [0.5, 0.6) is 0 Å². The van der Waals surface area contributed by atoms with Gasteiger partial charge in [-0.05, 0) is 96.7 Å². The molecular formula is C53H35N. The zero-order chi connectivity index (χ0) is 35.6. The van der Waals surface area contributed by atoms with Gasteiger partial charge in [-0.2, -0.15) is 0 Å². The first-order valence-electron chi connectivity index (χ1n) is 18.8. The van der Waals surface area contributed by atoms with Crippen molar-refractivity contribution in [2.24, 2.45) is 0 Å². The number of fused-ring (bicyclic) bond motifs is 11. The van der Waals surface area contributed by atoms with Crippen LogP contribution in [-0.2, 0) is 5.41 Å². The van der Waals surface area contributed by atoms with Crippen LogP contribution in [0.4, 0.5) is 17.1 Å². The molecule has 0 bridgehead atoms. The van der Waals surface area contributed by atoms with Gasteiger partial charge in [-0.25, -0.2) is 0 Å². The number of para-hydroxylation sites is 1. The van der Waals surface area contributed by atoms with Crippen molar-refractivity contribution in [2.75, 3.05) is 4.90 Å². The molecule has 9 aromatic rings. The Balaban J connectivity index is 1.21. The molecule has 2 aliphatic rings. The SMILES string of the molecule is c1ccc(-c2ccccc2N(c2cccc(-c3ccc4ccccc4c3)c2)c2cccc3c2-c2ccccc2C32c3ccccc3-c3ccccc32)cc1. The fraction of sp³-hybridized carbons (Fsp3) is 0.0189. The maximum Gasteiger partial charge on any atom is 0.0726 e. The topological polar surface area (TPSA) is 3.24 Å². The normalized spacial score (nSPS) is 13.0. The van der Waals surface area contributed by atoms with E-state index >= 15 is 0 Å². The van der Waals surface area contributed by atoms with E-state index in [1.165, 1.54) is 77.5 Å². The van der Waals surface area contributed by atoms with Crippen LogP contribution in [0.3, 0.4) is 0 Å². The lowest BCUT2D eigenvalue weighted by Crippen LogP contribution is -2.26. The van der Waals surface area contributed by atoms with Crippen LogP contribution in [-0.4, -0.2) is 0 Å². The van der Waals surface area contributed by atoms with Crippen molar-refractivity contribution < 1.29 is 0 Å². The molecule has 9 aromatic carbocycles. The Kier molecular flexibility index (Phi) is 6.84. The third-order valence-corrected chi connectivity index (χ3v) is 11.7. The molecule has 252 valence electrons. The molecule has 0 heterocycles. The quantitative estimate of drug-likeness (QED) is 0.174. The highest BCUT2D eigenvalue weighted by Crippen LogP contribution is 2.64. The molecule has 1 nitrogen and oxygen atoms in total. The fourth-order valence-electron chi connectivity index (χ4n) is 9.44. The summed E-state index contributed by atoms with van der Waals surface area (Å²) in [6.45, 7) is 0. The minimum absolute atomic E-state index is 0.424. The monoisotopic (exact) mass is 685 g/mol. The standard InChI is InChI=1S/C53H35N/c1-2-17-37(18-3-1)42-22-9-13-30-50(42)54(41-21-14-20-39(35-41)40-33-32-36-16-4-5-19-38(36)34-40)51-31-15-29-49-52(51)45-25-8-12-28-48(45)53(49)46-26-10-6-23-43(46)44-24-7-11-27-47(44)53/h1-35H. The van der Waals surface area contributed by atoms with E-state index in [1.807, 2.05) is 0 Å². The molecule has 0 aromatic heterocycles. The third kappa shape index (κ3) is 4.39. The molecule has 1 spiro atoms. The van der Waals surface area contributed by atoms with Crippen LogP contribution in [0.2, 0.25) is 0 Å². The predicted octanol–water partition coefficient (Wildman–Crippen LogP) is 14.0. The molecule has 0 atom stereocenters. The summed E-state index contributed by atoms with van der Waals surface area (Å²) < 4.78 is 0. The van der Waals surface area contributed by atoms with E-state index in [4.69, 9.17) is 0 Å². The maximum absolute atomic E-state index is 2.51. The van der Waals surface area contributed by atoms with Gasteiger partial charge in [0.05, 0.1) is 16.8 Å². The van der Waals surface area contributed by atoms with E-state index in [0.717, 1.165) is 17.1 Å². The van der Waals surface area contributed by atoms with Crippen molar-refractivity contribution in [3.8, 4) is 44.5 Å². The first-order valence-corrected chi connectivity index (χ1v) is 18.8. The smallest absolute Gasteiger partial charge is 0.0726 e. The second-order valence-corrected chi connectivity index (χ2v) is 14.4. The summed E-state index contributed by atoms with van der Waals surface area (Å²) in [5.74, 6) is 0. The van der Waals surface area contributed by atoms with Crippen LogP contribution in [0.1, 0.15) is 22.3 Å². The van der Waals surface area contributed by atoms with E-state index in [-0.39, 0.29) is 0 Å². The molecule has 0 saturated carbocycles. The van der Waals surface area contributed by atoms with Crippen molar-refractivity contribution in [2.45, 2.75) is 5.41 Å². The van der Waals surface area contributed by atoms with E-state index in [2.05, 4.69) is 217 Å². The lowest BCUT2D eigenvalue weighted by molar-refractivity contribution is 0.794. The van der Waals surface area contributed by atoms with Gasteiger partial charge in [0, 0.05) is 16.8 Å². The first kappa shape index (κ1) is 30.6. The fourth-order valence-corrected chi connectivity index (χ4v) is 9.44. The van der Waals surface area contributed by atoms with Crippen molar-refractivity contribution in [1.82, 2.24) is 0 Å². The summed E-state index contributed by atoms with van der Waals surface area (Å²) in [7, 11) is 0. The van der Waals surface area contributed by atoms with Gasteiger partial charge in [0.1, 0.15) is 0 Å². The van der Waals surface area contributed by atoms with E-state index in [0.29, 0.717) is 0 Å². The summed E-state index contributed by atoms with van der Waals surface area (Å²) in [4.78, 5) is 2.51. The molecule has 0 fully saturated rings. The molecule has 0 saturated heterocycles. The van der Waals surface area contributed by atoms with Crippen LogP contribution < -0.4 is 4.90 Å². The largest absolute Gasteiger partial charge is 0.309 e. The average molecular weight is 686 g/mol. The van der Waals surface area contributed by atoms with Gasteiger partial charge in [0.15, 0.2) is 0 Å². The Hall–Kier alpha value is -6.96. The molecule has 0 unspecified atom stereocenters. The highest BCUT2D eigenvalue weighted by Gasteiger charge is 2.52. The maximum atomic E-state index is 2.51. The number of anilines is 3. The Labute approximate surface area is 316 Å². The molecule has 0 amide bonds. The van der Waals surface area contributed by atoms with Crippen LogP contribution in [0.25, 0.3) is 55.3 Å². The highest BCUT2D eigenvalue weighted by molar-refractivity contribution is 6.02. The molecule has 11 rings (SSSR count). The Morgan fingerprint density at radius 1 is 0.296 bits per heavy atom. The highest BCUT2D eigenvalue weighted by atomic mass is 15.1. The van der Waals surface area contributed by atoms with Crippen molar-refractivity contribution in [3.63, 3.8) is 0 Å². The van der Waals surface area contributed by atoms with Gasteiger partial charge in [0.25, 0.3) is 0 Å². The molecule has 2 aliphatic carbocycles. The molecule has 54 heavy (non-hydrogen) atoms. The van der Waals surface area contributed by atoms with E-state index < -0.39 is 5.41 Å². The summed E-state index contributed by atoms with van der Waals surface area (Å²) in [5.41, 5.74) is 18.3. The zero-order valence-corrected chi connectivity index (χ0v) is 29.7. The first-order chi connectivity index (χ1) is 26.8. The van der Waals surface area contributed by atoms with Gasteiger partial charge >= 0.3 is 0 Å². The third-order valence-electron chi connectivity index (χ3n) is 11.7. The average Bonchev–Trinajstić information content (AvgIpc) is 3.72. The lowest BCUT2D eigenvalue weighted by atomic mass is 9.70.